The van der Waals surface area contributed by atoms with Gasteiger partial charge in [-0.15, -0.1) is 5.10 Å². The predicted octanol–water partition coefficient (Wildman–Crippen LogP) is 1.66. The SMILES string of the molecule is CCCCCCn1cnc2c(Nc3nn[nH]n3)ncnc21. The standard InChI is InChI=1S/C12H17N9/c1-2-3-4-5-6-21-8-15-9-10(13-7-14-11(9)21)16-12-17-19-20-18-12/h7-8H,2-6H2,1H3,(H2,13,14,16,17,18,19,20). The van der Waals surface area contributed by atoms with Crippen LogP contribution < -0.4 is 5.32 Å². The van der Waals surface area contributed by atoms with E-state index in [2.05, 4.69) is 47.8 Å². The van der Waals surface area contributed by atoms with Gasteiger partial charge < -0.3 is 9.88 Å². The van der Waals surface area contributed by atoms with E-state index in [4.69, 9.17) is 0 Å². The third-order valence-electron chi connectivity index (χ3n) is 3.23. The summed E-state index contributed by atoms with van der Waals surface area (Å²) < 4.78 is 2.05. The Labute approximate surface area is 121 Å². The van der Waals surface area contributed by atoms with Crippen molar-refractivity contribution >= 4 is 22.9 Å². The highest BCUT2D eigenvalue weighted by molar-refractivity contribution is 5.84. The topological polar surface area (TPSA) is 110 Å². The minimum atomic E-state index is 0.354. The molecule has 0 spiro atoms. The third kappa shape index (κ3) is 2.96. The van der Waals surface area contributed by atoms with Crippen LogP contribution >= 0.6 is 0 Å². The molecule has 0 saturated heterocycles. The number of nitrogens with one attached hydrogen (secondary N) is 2. The monoisotopic (exact) mass is 287 g/mol. The molecule has 0 fully saturated rings. The van der Waals surface area contributed by atoms with Crippen molar-refractivity contribution in [1.29, 1.82) is 0 Å². The Kier molecular flexibility index (Phi) is 3.99. The molecule has 0 unspecified atom stereocenters. The lowest BCUT2D eigenvalue weighted by molar-refractivity contribution is 0.589. The molecule has 0 aromatic carbocycles. The quantitative estimate of drug-likeness (QED) is 0.636. The maximum atomic E-state index is 4.39. The molecule has 3 aromatic rings. The lowest BCUT2D eigenvalue weighted by Gasteiger charge is -2.04. The summed E-state index contributed by atoms with van der Waals surface area (Å²) in [6.45, 7) is 3.12. The summed E-state index contributed by atoms with van der Waals surface area (Å²) in [4.78, 5) is 12.9. The van der Waals surface area contributed by atoms with Crippen LogP contribution in [0.25, 0.3) is 11.2 Å². The molecule has 0 aliphatic heterocycles. The Bertz CT molecular complexity index is 688. The molecule has 0 bridgehead atoms. The summed E-state index contributed by atoms with van der Waals surface area (Å²) >= 11 is 0. The number of fused-ring (bicyclic) bond motifs is 1. The van der Waals surface area contributed by atoms with Gasteiger partial charge in [0.05, 0.1) is 6.33 Å². The summed E-state index contributed by atoms with van der Waals surface area (Å²) in [6.07, 6.45) is 8.13. The first-order chi connectivity index (χ1) is 10.4. The normalized spacial score (nSPS) is 11.1. The van der Waals surface area contributed by atoms with Crippen molar-refractivity contribution in [3.63, 3.8) is 0 Å². The fourth-order valence-corrected chi connectivity index (χ4v) is 2.17. The molecular formula is C12H17N9. The van der Waals surface area contributed by atoms with E-state index in [1.807, 2.05) is 4.57 Å². The van der Waals surface area contributed by atoms with Crippen LogP contribution in [0.1, 0.15) is 32.6 Å². The second kappa shape index (κ2) is 6.25. The second-order valence-electron chi connectivity index (χ2n) is 4.75. The van der Waals surface area contributed by atoms with Gasteiger partial charge in [0.1, 0.15) is 6.33 Å². The number of rotatable bonds is 7. The zero-order valence-electron chi connectivity index (χ0n) is 11.8. The number of hydrogen-bond acceptors (Lipinski definition) is 7. The van der Waals surface area contributed by atoms with Gasteiger partial charge in [-0.1, -0.05) is 31.3 Å². The molecule has 110 valence electrons. The zero-order chi connectivity index (χ0) is 14.5. The van der Waals surface area contributed by atoms with Crippen molar-refractivity contribution in [2.45, 2.75) is 39.2 Å². The zero-order valence-corrected chi connectivity index (χ0v) is 11.8. The van der Waals surface area contributed by atoms with Crippen LogP contribution in [-0.4, -0.2) is 40.1 Å². The number of aromatic amines is 1. The van der Waals surface area contributed by atoms with Crippen LogP contribution in [0, 0.1) is 0 Å². The van der Waals surface area contributed by atoms with Crippen molar-refractivity contribution in [2.24, 2.45) is 0 Å². The average molecular weight is 287 g/mol. The van der Waals surface area contributed by atoms with Crippen LogP contribution in [0.5, 0.6) is 0 Å². The van der Waals surface area contributed by atoms with Crippen molar-refractivity contribution in [3.8, 4) is 0 Å². The Balaban J connectivity index is 1.79. The third-order valence-corrected chi connectivity index (χ3v) is 3.23. The molecule has 9 nitrogen and oxygen atoms in total. The van der Waals surface area contributed by atoms with E-state index in [1.54, 1.807) is 6.33 Å². The van der Waals surface area contributed by atoms with Gasteiger partial charge in [0.2, 0.25) is 0 Å². The number of H-pyrrole nitrogens is 1. The highest BCUT2D eigenvalue weighted by Gasteiger charge is 2.11. The molecule has 0 radical (unpaired) electrons. The van der Waals surface area contributed by atoms with Gasteiger partial charge >= 0.3 is 0 Å². The molecule has 9 heteroatoms. The van der Waals surface area contributed by atoms with Crippen LogP contribution in [0.4, 0.5) is 11.8 Å². The molecule has 21 heavy (non-hydrogen) atoms. The van der Waals surface area contributed by atoms with Gasteiger partial charge in [-0.3, -0.25) is 0 Å². The fraction of sp³-hybridized carbons (Fsp3) is 0.500. The van der Waals surface area contributed by atoms with E-state index in [9.17, 15) is 0 Å². The number of nitrogens with zero attached hydrogens (tertiary/aromatic N) is 7. The van der Waals surface area contributed by atoms with Crippen molar-refractivity contribution in [3.05, 3.63) is 12.7 Å². The number of aromatic nitrogens is 8. The van der Waals surface area contributed by atoms with E-state index in [0.717, 1.165) is 18.6 Å². The molecule has 0 aliphatic carbocycles. The first-order valence-corrected chi connectivity index (χ1v) is 7.04. The first kappa shape index (κ1) is 13.4. The summed E-state index contributed by atoms with van der Waals surface area (Å²) in [5.41, 5.74) is 1.52. The summed E-state index contributed by atoms with van der Waals surface area (Å²) in [5, 5.41) is 16.5. The number of tetrazole rings is 1. The Morgan fingerprint density at radius 1 is 1.19 bits per heavy atom. The van der Waals surface area contributed by atoms with Crippen LogP contribution in [-0.2, 0) is 6.54 Å². The van der Waals surface area contributed by atoms with E-state index in [-0.39, 0.29) is 0 Å². The minimum absolute atomic E-state index is 0.354. The molecule has 3 rings (SSSR count). The van der Waals surface area contributed by atoms with Gasteiger partial charge in [-0.25, -0.2) is 15.0 Å². The van der Waals surface area contributed by atoms with Crippen molar-refractivity contribution in [1.82, 2.24) is 40.1 Å². The van der Waals surface area contributed by atoms with Crippen LogP contribution in [0.3, 0.4) is 0 Å². The maximum Gasteiger partial charge on any atom is 0.268 e. The number of anilines is 2. The fourth-order valence-electron chi connectivity index (χ4n) is 2.17. The van der Waals surface area contributed by atoms with E-state index in [0.29, 0.717) is 17.3 Å². The van der Waals surface area contributed by atoms with Crippen molar-refractivity contribution in [2.75, 3.05) is 5.32 Å². The molecule has 2 N–H and O–H groups in total. The molecule has 0 aliphatic rings. The van der Waals surface area contributed by atoms with E-state index in [1.165, 1.54) is 25.6 Å². The highest BCUT2D eigenvalue weighted by Crippen LogP contribution is 2.19. The predicted molar refractivity (Wildman–Crippen MR) is 76.9 cm³/mol. The minimum Gasteiger partial charge on any atom is -0.315 e. The van der Waals surface area contributed by atoms with Gasteiger partial charge in [0.15, 0.2) is 17.0 Å². The second-order valence-corrected chi connectivity index (χ2v) is 4.75. The highest BCUT2D eigenvalue weighted by atomic mass is 15.5. The molecule has 3 heterocycles. The van der Waals surface area contributed by atoms with Gasteiger partial charge in [-0.05, 0) is 11.6 Å². The summed E-state index contributed by atoms with van der Waals surface area (Å²) in [6, 6.07) is 0. The Morgan fingerprint density at radius 2 is 2.14 bits per heavy atom. The van der Waals surface area contributed by atoms with Gasteiger partial charge in [0.25, 0.3) is 5.95 Å². The summed E-state index contributed by atoms with van der Waals surface area (Å²) in [5.74, 6) is 0.932. The molecular weight excluding hydrogens is 270 g/mol. The van der Waals surface area contributed by atoms with E-state index >= 15 is 0 Å². The number of imidazole rings is 1. The molecule has 0 amide bonds. The van der Waals surface area contributed by atoms with Gasteiger partial charge in [0, 0.05) is 6.54 Å². The molecule has 0 atom stereocenters. The Morgan fingerprint density at radius 3 is 2.95 bits per heavy atom. The van der Waals surface area contributed by atoms with E-state index < -0.39 is 0 Å². The number of unbranched alkanes of at least 4 members (excludes halogenated alkanes) is 3. The van der Waals surface area contributed by atoms with Crippen LogP contribution in [0.15, 0.2) is 12.7 Å². The van der Waals surface area contributed by atoms with Crippen LogP contribution in [0.2, 0.25) is 0 Å². The first-order valence-electron chi connectivity index (χ1n) is 7.04. The van der Waals surface area contributed by atoms with Gasteiger partial charge in [-0.2, -0.15) is 5.21 Å². The number of hydrogen-bond donors (Lipinski definition) is 2. The molecule has 3 aromatic heterocycles. The average Bonchev–Trinajstić information content (AvgIpc) is 3.14. The molecule has 0 saturated carbocycles. The van der Waals surface area contributed by atoms with Crippen molar-refractivity contribution < 1.29 is 0 Å². The summed E-state index contributed by atoms with van der Waals surface area (Å²) in [7, 11) is 0. The number of aryl methyl sites for hydroxylation is 1. The lowest BCUT2D eigenvalue weighted by Crippen LogP contribution is -2.00. The Hall–Kier alpha value is -2.58. The maximum absolute atomic E-state index is 4.39. The lowest BCUT2D eigenvalue weighted by atomic mass is 10.2. The smallest absolute Gasteiger partial charge is 0.268 e. The largest absolute Gasteiger partial charge is 0.315 e.